The molecule has 1 N–H and O–H groups in total. The molecule has 0 saturated heterocycles. The SMILES string of the molecule is C=CC1=CC=C(C)NC1C=C.CC. The van der Waals surface area contributed by atoms with Crippen molar-refractivity contribution in [3.63, 3.8) is 0 Å². The summed E-state index contributed by atoms with van der Waals surface area (Å²) in [6.45, 7) is 13.5. The Morgan fingerprint density at radius 3 is 2.38 bits per heavy atom. The average molecular weight is 177 g/mol. The van der Waals surface area contributed by atoms with Crippen LogP contribution < -0.4 is 5.32 Å². The summed E-state index contributed by atoms with van der Waals surface area (Å²) in [6, 6.07) is 0.234. The minimum atomic E-state index is 0.234. The molecule has 0 aromatic rings. The molecule has 0 spiro atoms. The molecule has 1 unspecified atom stereocenters. The first-order chi connectivity index (χ1) is 6.27. The van der Waals surface area contributed by atoms with E-state index in [9.17, 15) is 0 Å². The molecule has 13 heavy (non-hydrogen) atoms. The predicted octanol–water partition coefficient (Wildman–Crippen LogP) is 3.19. The van der Waals surface area contributed by atoms with Gasteiger partial charge in [0.25, 0.3) is 0 Å². The molecule has 1 nitrogen and oxygen atoms in total. The summed E-state index contributed by atoms with van der Waals surface area (Å²) in [5, 5.41) is 3.27. The number of allylic oxidation sites excluding steroid dienone is 3. The molecular weight excluding hydrogens is 158 g/mol. The zero-order valence-corrected chi connectivity index (χ0v) is 8.80. The smallest absolute Gasteiger partial charge is 0.0692 e. The van der Waals surface area contributed by atoms with Gasteiger partial charge in [-0.15, -0.1) is 6.58 Å². The van der Waals surface area contributed by atoms with Crippen LogP contribution in [0.1, 0.15) is 20.8 Å². The van der Waals surface area contributed by atoms with Crippen LogP contribution in [0, 0.1) is 0 Å². The van der Waals surface area contributed by atoms with Crippen LogP contribution in [0.3, 0.4) is 0 Å². The topological polar surface area (TPSA) is 12.0 Å². The highest BCUT2D eigenvalue weighted by Gasteiger charge is 2.09. The van der Waals surface area contributed by atoms with Crippen molar-refractivity contribution in [2.45, 2.75) is 26.8 Å². The Kier molecular flexibility index (Phi) is 5.69. The van der Waals surface area contributed by atoms with Gasteiger partial charge in [0, 0.05) is 5.70 Å². The molecule has 0 bridgehead atoms. The van der Waals surface area contributed by atoms with E-state index in [0.717, 1.165) is 0 Å². The maximum absolute atomic E-state index is 3.74. The van der Waals surface area contributed by atoms with Crippen LogP contribution in [0.2, 0.25) is 0 Å². The molecule has 1 aliphatic rings. The van der Waals surface area contributed by atoms with E-state index >= 15 is 0 Å². The monoisotopic (exact) mass is 177 g/mol. The fourth-order valence-electron chi connectivity index (χ4n) is 1.09. The van der Waals surface area contributed by atoms with Gasteiger partial charge in [0.05, 0.1) is 6.04 Å². The number of hydrogen-bond donors (Lipinski definition) is 1. The fraction of sp³-hybridized carbons (Fsp3) is 0.333. The first-order valence-electron chi connectivity index (χ1n) is 4.68. The number of dihydropyridines is 1. The molecule has 1 atom stereocenters. The Morgan fingerprint density at radius 2 is 1.92 bits per heavy atom. The van der Waals surface area contributed by atoms with Crippen LogP contribution in [-0.4, -0.2) is 6.04 Å². The molecule has 0 fully saturated rings. The van der Waals surface area contributed by atoms with Crippen LogP contribution in [0.5, 0.6) is 0 Å². The Hall–Kier alpha value is -1.24. The molecule has 0 radical (unpaired) electrons. The lowest BCUT2D eigenvalue weighted by Gasteiger charge is -2.20. The molecule has 0 aliphatic carbocycles. The van der Waals surface area contributed by atoms with Crippen LogP contribution >= 0.6 is 0 Å². The highest BCUT2D eigenvalue weighted by molar-refractivity contribution is 5.36. The Balaban J connectivity index is 0.000000671. The highest BCUT2D eigenvalue weighted by Crippen LogP contribution is 2.12. The van der Waals surface area contributed by atoms with Crippen molar-refractivity contribution in [1.29, 1.82) is 0 Å². The normalized spacial score (nSPS) is 19.8. The van der Waals surface area contributed by atoms with Crippen molar-refractivity contribution < 1.29 is 0 Å². The minimum absolute atomic E-state index is 0.234. The third-order valence-electron chi connectivity index (χ3n) is 1.74. The fourth-order valence-corrected chi connectivity index (χ4v) is 1.09. The molecule has 1 rings (SSSR count). The van der Waals surface area contributed by atoms with Crippen LogP contribution in [0.15, 0.2) is 48.7 Å². The number of hydrogen-bond acceptors (Lipinski definition) is 1. The lowest BCUT2D eigenvalue weighted by atomic mass is 10.0. The number of rotatable bonds is 2. The van der Waals surface area contributed by atoms with E-state index in [1.165, 1.54) is 11.3 Å². The van der Waals surface area contributed by atoms with Crippen LogP contribution in [0.25, 0.3) is 0 Å². The predicted molar refractivity (Wildman–Crippen MR) is 60.5 cm³/mol. The quantitative estimate of drug-likeness (QED) is 0.639. The molecule has 0 amide bonds. The highest BCUT2D eigenvalue weighted by atomic mass is 14.9. The van der Waals surface area contributed by atoms with Crippen molar-refractivity contribution in [3.8, 4) is 0 Å². The van der Waals surface area contributed by atoms with E-state index in [1.807, 2.05) is 39.0 Å². The summed E-state index contributed by atoms with van der Waals surface area (Å²) in [4.78, 5) is 0. The van der Waals surface area contributed by atoms with Gasteiger partial charge in [-0.1, -0.05) is 38.7 Å². The van der Waals surface area contributed by atoms with Crippen molar-refractivity contribution in [3.05, 3.63) is 48.7 Å². The second-order valence-corrected chi connectivity index (χ2v) is 2.58. The largest absolute Gasteiger partial charge is 0.378 e. The Labute approximate surface area is 81.5 Å². The van der Waals surface area contributed by atoms with Crippen molar-refractivity contribution >= 4 is 0 Å². The van der Waals surface area contributed by atoms with Crippen molar-refractivity contribution in [1.82, 2.24) is 5.32 Å². The Bertz CT molecular complexity index is 234. The first kappa shape index (κ1) is 11.8. The van der Waals surface area contributed by atoms with E-state index in [0.29, 0.717) is 0 Å². The molecular formula is C12H19N. The third kappa shape index (κ3) is 3.32. The van der Waals surface area contributed by atoms with Gasteiger partial charge in [0.15, 0.2) is 0 Å². The van der Waals surface area contributed by atoms with Gasteiger partial charge in [0.2, 0.25) is 0 Å². The molecule has 0 aromatic carbocycles. The molecule has 1 heteroatoms. The van der Waals surface area contributed by atoms with E-state index in [1.54, 1.807) is 0 Å². The zero-order valence-electron chi connectivity index (χ0n) is 8.80. The van der Waals surface area contributed by atoms with Gasteiger partial charge < -0.3 is 5.32 Å². The van der Waals surface area contributed by atoms with E-state index in [2.05, 4.69) is 24.6 Å². The van der Waals surface area contributed by atoms with E-state index < -0.39 is 0 Å². The van der Waals surface area contributed by atoms with Crippen molar-refractivity contribution in [2.75, 3.05) is 0 Å². The van der Waals surface area contributed by atoms with E-state index in [4.69, 9.17) is 0 Å². The van der Waals surface area contributed by atoms with Gasteiger partial charge in [-0.25, -0.2) is 0 Å². The molecule has 0 aromatic heterocycles. The molecule has 72 valence electrons. The summed E-state index contributed by atoms with van der Waals surface area (Å²) in [6.07, 6.45) is 7.83. The summed E-state index contributed by atoms with van der Waals surface area (Å²) in [7, 11) is 0. The van der Waals surface area contributed by atoms with Gasteiger partial charge in [-0.05, 0) is 18.6 Å². The summed E-state index contributed by atoms with van der Waals surface area (Å²) in [5.74, 6) is 0. The standard InChI is InChI=1S/C10H13N.C2H6/c1-4-9-7-6-8(3)11-10(9)5-2;1-2/h4-7,10-11H,1-2H2,3H3;1-2H3. The van der Waals surface area contributed by atoms with Gasteiger partial charge >= 0.3 is 0 Å². The van der Waals surface area contributed by atoms with E-state index in [-0.39, 0.29) is 6.04 Å². The third-order valence-corrected chi connectivity index (χ3v) is 1.74. The molecule has 0 saturated carbocycles. The van der Waals surface area contributed by atoms with Crippen molar-refractivity contribution in [2.24, 2.45) is 0 Å². The first-order valence-corrected chi connectivity index (χ1v) is 4.68. The second kappa shape index (κ2) is 6.30. The summed E-state index contributed by atoms with van der Waals surface area (Å²) < 4.78 is 0. The van der Waals surface area contributed by atoms with Gasteiger partial charge in [-0.2, -0.15) is 0 Å². The van der Waals surface area contributed by atoms with Crippen LogP contribution in [0.4, 0.5) is 0 Å². The number of nitrogens with one attached hydrogen (secondary N) is 1. The lowest BCUT2D eigenvalue weighted by molar-refractivity contribution is 0.752. The zero-order chi connectivity index (χ0) is 10.3. The summed E-state index contributed by atoms with van der Waals surface area (Å²) >= 11 is 0. The molecule has 1 aliphatic heterocycles. The summed E-state index contributed by atoms with van der Waals surface area (Å²) in [5.41, 5.74) is 2.34. The maximum atomic E-state index is 3.74. The van der Waals surface area contributed by atoms with Gasteiger partial charge in [-0.3, -0.25) is 0 Å². The lowest BCUT2D eigenvalue weighted by Crippen LogP contribution is -2.28. The average Bonchev–Trinajstić information content (AvgIpc) is 2.20. The molecule has 1 heterocycles. The van der Waals surface area contributed by atoms with Crippen LogP contribution in [-0.2, 0) is 0 Å². The minimum Gasteiger partial charge on any atom is -0.378 e. The van der Waals surface area contributed by atoms with Gasteiger partial charge in [0.1, 0.15) is 0 Å². The Morgan fingerprint density at radius 1 is 1.31 bits per heavy atom. The second-order valence-electron chi connectivity index (χ2n) is 2.58. The maximum Gasteiger partial charge on any atom is 0.0692 e.